The first kappa shape index (κ1) is 16.5. The fourth-order valence-corrected chi connectivity index (χ4v) is 2.51. The molecule has 2 amide bonds. The molecule has 0 spiro atoms. The number of rotatable bonds is 5. The first-order valence-electron chi connectivity index (χ1n) is 7.49. The van der Waals surface area contributed by atoms with Crippen LogP contribution in [0.3, 0.4) is 0 Å². The van der Waals surface area contributed by atoms with E-state index in [1.165, 1.54) is 7.11 Å². The predicted octanol–water partition coefficient (Wildman–Crippen LogP) is 1.87. The Hall–Kier alpha value is -1.92. The predicted molar refractivity (Wildman–Crippen MR) is 85.6 cm³/mol. The molecular formula is C16H23N3O3. The third-order valence-electron chi connectivity index (χ3n) is 4.06. The summed E-state index contributed by atoms with van der Waals surface area (Å²) in [5.74, 6) is -0.407. The lowest BCUT2D eigenvalue weighted by atomic mass is 9.98. The van der Waals surface area contributed by atoms with Gasteiger partial charge < -0.3 is 21.1 Å². The number of methoxy groups -OCH3 is 1. The van der Waals surface area contributed by atoms with Crippen LogP contribution in [0.15, 0.2) is 24.3 Å². The molecule has 0 bridgehead atoms. The number of ether oxygens (including phenoxy) is 1. The van der Waals surface area contributed by atoms with Gasteiger partial charge in [0.15, 0.2) is 0 Å². The Kier molecular flexibility index (Phi) is 5.15. The number of carbonyl (C=O) groups is 2. The Labute approximate surface area is 130 Å². The highest BCUT2D eigenvalue weighted by atomic mass is 16.5. The van der Waals surface area contributed by atoms with Crippen molar-refractivity contribution in [1.29, 1.82) is 0 Å². The first-order valence-corrected chi connectivity index (χ1v) is 7.49. The van der Waals surface area contributed by atoms with E-state index in [1.807, 2.05) is 0 Å². The average molecular weight is 305 g/mol. The van der Waals surface area contributed by atoms with Crippen LogP contribution in [0, 0.1) is 0 Å². The van der Waals surface area contributed by atoms with Gasteiger partial charge in [0.1, 0.15) is 6.10 Å². The number of anilines is 2. The lowest BCUT2D eigenvalue weighted by molar-refractivity contribution is -0.124. The molecule has 1 aromatic carbocycles. The normalized spacial score (nSPS) is 17.8. The van der Waals surface area contributed by atoms with E-state index < -0.39 is 11.6 Å². The minimum absolute atomic E-state index is 0.168. The van der Waals surface area contributed by atoms with Gasteiger partial charge in [-0.2, -0.15) is 0 Å². The molecule has 6 nitrogen and oxygen atoms in total. The number of hydrogen-bond donors (Lipinski definition) is 3. The molecular weight excluding hydrogens is 282 g/mol. The van der Waals surface area contributed by atoms with Crippen molar-refractivity contribution in [1.82, 2.24) is 0 Å². The van der Waals surface area contributed by atoms with Crippen molar-refractivity contribution in [2.45, 2.75) is 44.2 Å². The highest BCUT2D eigenvalue weighted by Gasteiger charge is 2.36. The van der Waals surface area contributed by atoms with Crippen molar-refractivity contribution < 1.29 is 14.3 Å². The number of amides is 2. The molecule has 1 aromatic rings. The van der Waals surface area contributed by atoms with Gasteiger partial charge in [-0.05, 0) is 38.0 Å². The van der Waals surface area contributed by atoms with E-state index in [4.69, 9.17) is 10.5 Å². The van der Waals surface area contributed by atoms with Gasteiger partial charge >= 0.3 is 0 Å². The molecule has 22 heavy (non-hydrogen) atoms. The van der Waals surface area contributed by atoms with Crippen LogP contribution in [0.2, 0.25) is 0 Å². The van der Waals surface area contributed by atoms with E-state index in [0.29, 0.717) is 24.2 Å². The maximum atomic E-state index is 12.3. The summed E-state index contributed by atoms with van der Waals surface area (Å²) in [5, 5.41) is 5.57. The standard InChI is InChI=1S/C16H23N3O3/c1-11(22-2)14(20)18-12-6-5-7-13(10-12)19-15(21)16(17)8-3-4-9-16/h5-7,10-11H,3-4,8-9,17H2,1-2H3,(H,18,20)(H,19,21). The molecule has 6 heteroatoms. The van der Waals surface area contributed by atoms with Gasteiger partial charge in [-0.1, -0.05) is 18.9 Å². The van der Waals surface area contributed by atoms with Gasteiger partial charge in [0, 0.05) is 18.5 Å². The smallest absolute Gasteiger partial charge is 0.253 e. The van der Waals surface area contributed by atoms with E-state index in [0.717, 1.165) is 12.8 Å². The lowest BCUT2D eigenvalue weighted by Gasteiger charge is -2.22. The highest BCUT2D eigenvalue weighted by molar-refractivity contribution is 5.99. The summed E-state index contributed by atoms with van der Waals surface area (Å²) >= 11 is 0. The second kappa shape index (κ2) is 6.89. The van der Waals surface area contributed by atoms with Crippen molar-refractivity contribution in [3.63, 3.8) is 0 Å². The van der Waals surface area contributed by atoms with Gasteiger partial charge in [0.05, 0.1) is 5.54 Å². The molecule has 0 heterocycles. The van der Waals surface area contributed by atoms with Crippen LogP contribution in [-0.4, -0.2) is 30.6 Å². The minimum atomic E-state index is -0.774. The van der Waals surface area contributed by atoms with Crippen molar-refractivity contribution in [3.05, 3.63) is 24.3 Å². The Morgan fingerprint density at radius 3 is 2.41 bits per heavy atom. The van der Waals surface area contributed by atoms with Crippen molar-refractivity contribution in [2.24, 2.45) is 5.73 Å². The summed E-state index contributed by atoms with van der Waals surface area (Å²) < 4.78 is 4.96. The molecule has 0 radical (unpaired) electrons. The average Bonchev–Trinajstić information content (AvgIpc) is 2.95. The summed E-state index contributed by atoms with van der Waals surface area (Å²) in [5.41, 5.74) is 6.57. The zero-order valence-electron chi connectivity index (χ0n) is 13.0. The van der Waals surface area contributed by atoms with Gasteiger partial charge in [-0.25, -0.2) is 0 Å². The number of carbonyl (C=O) groups excluding carboxylic acids is 2. The molecule has 0 aliphatic heterocycles. The molecule has 1 aliphatic carbocycles. The maximum Gasteiger partial charge on any atom is 0.253 e. The van der Waals surface area contributed by atoms with E-state index in [-0.39, 0.29) is 11.8 Å². The van der Waals surface area contributed by atoms with E-state index in [9.17, 15) is 9.59 Å². The van der Waals surface area contributed by atoms with Crippen LogP contribution >= 0.6 is 0 Å². The molecule has 1 aliphatic rings. The maximum absolute atomic E-state index is 12.3. The molecule has 1 atom stereocenters. The summed E-state index contributed by atoms with van der Waals surface area (Å²) in [6.45, 7) is 1.67. The molecule has 1 unspecified atom stereocenters. The van der Waals surface area contributed by atoms with Crippen LogP contribution in [0.1, 0.15) is 32.6 Å². The number of nitrogens with two attached hydrogens (primary N) is 1. The second-order valence-electron chi connectivity index (χ2n) is 5.77. The second-order valence-corrected chi connectivity index (χ2v) is 5.77. The van der Waals surface area contributed by atoms with Crippen molar-refractivity contribution >= 4 is 23.2 Å². The monoisotopic (exact) mass is 305 g/mol. The Morgan fingerprint density at radius 2 is 1.82 bits per heavy atom. The third-order valence-corrected chi connectivity index (χ3v) is 4.06. The van der Waals surface area contributed by atoms with E-state index >= 15 is 0 Å². The minimum Gasteiger partial charge on any atom is -0.372 e. The van der Waals surface area contributed by atoms with Crippen LogP contribution in [-0.2, 0) is 14.3 Å². The highest BCUT2D eigenvalue weighted by Crippen LogP contribution is 2.28. The van der Waals surface area contributed by atoms with Crippen LogP contribution in [0.4, 0.5) is 11.4 Å². The van der Waals surface area contributed by atoms with Gasteiger partial charge in [-0.3, -0.25) is 9.59 Å². The SMILES string of the molecule is COC(C)C(=O)Nc1cccc(NC(=O)C2(N)CCCC2)c1. The lowest BCUT2D eigenvalue weighted by Crippen LogP contribution is -2.48. The molecule has 1 saturated carbocycles. The van der Waals surface area contributed by atoms with E-state index in [1.54, 1.807) is 31.2 Å². The molecule has 2 rings (SSSR count). The summed E-state index contributed by atoms with van der Waals surface area (Å²) in [4.78, 5) is 24.1. The zero-order chi connectivity index (χ0) is 16.2. The Morgan fingerprint density at radius 1 is 1.23 bits per heavy atom. The van der Waals surface area contributed by atoms with E-state index in [2.05, 4.69) is 10.6 Å². The first-order chi connectivity index (χ1) is 10.4. The van der Waals surface area contributed by atoms with Crippen molar-refractivity contribution in [3.8, 4) is 0 Å². The molecule has 0 saturated heterocycles. The van der Waals surface area contributed by atoms with Crippen LogP contribution in [0.5, 0.6) is 0 Å². The molecule has 4 N–H and O–H groups in total. The van der Waals surface area contributed by atoms with Crippen LogP contribution in [0.25, 0.3) is 0 Å². The van der Waals surface area contributed by atoms with Crippen LogP contribution < -0.4 is 16.4 Å². The van der Waals surface area contributed by atoms with Crippen molar-refractivity contribution in [2.75, 3.05) is 17.7 Å². The van der Waals surface area contributed by atoms with Gasteiger partial charge in [0.2, 0.25) is 5.91 Å². The molecule has 120 valence electrons. The summed E-state index contributed by atoms with van der Waals surface area (Å²) in [6.07, 6.45) is 2.84. The quantitative estimate of drug-likeness (QED) is 0.774. The Bertz CT molecular complexity index is 553. The fraction of sp³-hybridized carbons (Fsp3) is 0.500. The summed E-state index contributed by atoms with van der Waals surface area (Å²) in [6, 6.07) is 6.99. The fourth-order valence-electron chi connectivity index (χ4n) is 2.51. The number of hydrogen-bond acceptors (Lipinski definition) is 4. The molecule has 0 aromatic heterocycles. The number of nitrogens with one attached hydrogen (secondary N) is 2. The third kappa shape index (κ3) is 3.84. The zero-order valence-corrected chi connectivity index (χ0v) is 13.0. The van der Waals surface area contributed by atoms with Gasteiger partial charge in [0.25, 0.3) is 5.91 Å². The topological polar surface area (TPSA) is 93.5 Å². The Balaban J connectivity index is 2.02. The number of benzene rings is 1. The largest absolute Gasteiger partial charge is 0.372 e. The summed E-state index contributed by atoms with van der Waals surface area (Å²) in [7, 11) is 1.48. The molecule has 1 fully saturated rings. The van der Waals surface area contributed by atoms with Gasteiger partial charge in [-0.15, -0.1) is 0 Å².